The van der Waals surface area contributed by atoms with Gasteiger partial charge in [0.2, 0.25) is 11.8 Å². The first-order chi connectivity index (χ1) is 33.8. The van der Waals surface area contributed by atoms with E-state index in [9.17, 15) is 33.6 Å². The van der Waals surface area contributed by atoms with Crippen molar-refractivity contribution in [2.45, 2.75) is 168 Å². The van der Waals surface area contributed by atoms with Crippen molar-refractivity contribution in [3.05, 3.63) is 48.0 Å². The van der Waals surface area contributed by atoms with Gasteiger partial charge in [-0.25, -0.2) is 5.06 Å². The maximum absolute atomic E-state index is 14.8. The number of unbranched alkanes of at least 4 members (excludes halogenated alkanes) is 3. The van der Waals surface area contributed by atoms with Gasteiger partial charge in [-0.2, -0.15) is 0 Å². The zero-order valence-corrected chi connectivity index (χ0v) is 44.9. The summed E-state index contributed by atoms with van der Waals surface area (Å²) < 4.78 is 12.3. The smallest absolute Gasteiger partial charge is 0.253 e. The third-order valence-electron chi connectivity index (χ3n) is 16.3. The summed E-state index contributed by atoms with van der Waals surface area (Å²) in [7, 11) is 6.91. The second kappa shape index (κ2) is 26.6. The highest BCUT2D eigenvalue weighted by Gasteiger charge is 2.63. The van der Waals surface area contributed by atoms with E-state index in [2.05, 4.69) is 18.7 Å². The average Bonchev–Trinajstić information content (AvgIpc) is 3.70. The Morgan fingerprint density at radius 3 is 2.08 bits per heavy atom. The van der Waals surface area contributed by atoms with Crippen LogP contribution in [0.4, 0.5) is 0 Å². The molecule has 10 atom stereocenters. The van der Waals surface area contributed by atoms with Crippen LogP contribution in [0.3, 0.4) is 0 Å². The molecule has 0 bridgehead atoms. The molecule has 0 radical (unpaired) electrons. The first-order valence-electron chi connectivity index (χ1n) is 26.7. The number of benzene rings is 1. The van der Waals surface area contributed by atoms with E-state index < -0.39 is 35.5 Å². The fourth-order valence-electron chi connectivity index (χ4n) is 11.9. The third kappa shape index (κ3) is 14.1. The molecule has 15 heteroatoms. The average molecular weight is 990 g/mol. The zero-order valence-electron chi connectivity index (χ0n) is 44.9. The SMILES string of the molecule is CC[C@H](C)[C@@H]([C@@H](CC(=O)N1CCC[C@H]1[C@H](OC)[C@@H](C)C(=O)C[C@@]1(C(=O)N2CCCCO2)C[C@@H]1c1ccccc1)OC)N(C)C(=O)[C@@H](CC(=O)[C@H](C(C)C)N(C)CCCCCCN1C(=O)C=CC1=O)C(C)C. The Balaban J connectivity index is 1.23. The van der Waals surface area contributed by atoms with Crippen LogP contribution in [0.5, 0.6) is 0 Å². The lowest BCUT2D eigenvalue weighted by Gasteiger charge is -2.41. The predicted octanol–water partition coefficient (Wildman–Crippen LogP) is 7.27. The number of imide groups is 1. The van der Waals surface area contributed by atoms with E-state index >= 15 is 0 Å². The molecule has 1 aliphatic carbocycles. The Morgan fingerprint density at radius 1 is 0.817 bits per heavy atom. The van der Waals surface area contributed by atoms with Crippen LogP contribution < -0.4 is 0 Å². The van der Waals surface area contributed by atoms with Crippen molar-refractivity contribution in [3.63, 3.8) is 0 Å². The minimum Gasteiger partial charge on any atom is -0.379 e. The van der Waals surface area contributed by atoms with Crippen molar-refractivity contribution in [2.75, 3.05) is 61.1 Å². The number of carbonyl (C=O) groups is 7. The van der Waals surface area contributed by atoms with Crippen LogP contribution in [0.15, 0.2) is 42.5 Å². The standard InChI is InChI=1S/C56H87N5O10/c1-12-39(6)52(58(9)54(67)42(37(2)3)33-45(62)51(38(4)5)57(8)28-18-13-14-19-29-60-48(64)26-27-49(60)65)47(69-10)34-50(66)59-30-22-25-44(59)53(70-11)40(7)46(63)36-56(55(68)61-31-20-21-32-71-61)35-43(56)41-23-16-15-17-24-41/h15-17,23-24,26-27,37-40,42-44,47,51-53H,12-14,18-22,25,28-36H2,1-11H3/t39-,40-,42-,43+,44-,47+,51-,52-,53+,56-/m0/s1. The highest BCUT2D eigenvalue weighted by atomic mass is 16.7. The Hall–Kier alpha value is -4.31. The van der Waals surface area contributed by atoms with E-state index in [1.807, 2.05) is 76.9 Å². The molecule has 396 valence electrons. The Kier molecular flexibility index (Phi) is 21.6. The van der Waals surface area contributed by atoms with Gasteiger partial charge >= 0.3 is 0 Å². The number of nitrogens with zero attached hydrogens (tertiary/aromatic N) is 5. The lowest BCUT2D eigenvalue weighted by Crippen LogP contribution is -2.54. The van der Waals surface area contributed by atoms with E-state index in [0.29, 0.717) is 45.6 Å². The van der Waals surface area contributed by atoms with Gasteiger partial charge in [-0.05, 0) is 87.8 Å². The van der Waals surface area contributed by atoms with E-state index in [-0.39, 0.29) is 96.1 Å². The summed E-state index contributed by atoms with van der Waals surface area (Å²) in [5.41, 5.74) is 0.134. The molecule has 1 aromatic rings. The largest absolute Gasteiger partial charge is 0.379 e. The fraction of sp³-hybridized carbons (Fsp3) is 0.732. The molecule has 0 N–H and O–H groups in total. The normalized spacial score (nSPS) is 23.3. The molecular weight excluding hydrogens is 903 g/mol. The van der Waals surface area contributed by atoms with Crippen LogP contribution in [0.2, 0.25) is 0 Å². The summed E-state index contributed by atoms with van der Waals surface area (Å²) in [5.74, 6) is -2.44. The summed E-state index contributed by atoms with van der Waals surface area (Å²) in [4.78, 5) is 109. The number of hydrogen-bond acceptors (Lipinski definition) is 11. The predicted molar refractivity (Wildman–Crippen MR) is 272 cm³/mol. The molecule has 3 aliphatic heterocycles. The van der Waals surface area contributed by atoms with Gasteiger partial charge in [-0.3, -0.25) is 48.2 Å². The first kappa shape index (κ1) is 57.6. The molecule has 4 aliphatic rings. The van der Waals surface area contributed by atoms with Crippen molar-refractivity contribution < 1.29 is 47.9 Å². The van der Waals surface area contributed by atoms with Gasteiger partial charge in [0.25, 0.3) is 17.7 Å². The van der Waals surface area contributed by atoms with Crippen molar-refractivity contribution in [1.29, 1.82) is 0 Å². The Morgan fingerprint density at radius 2 is 1.49 bits per heavy atom. The number of ether oxygens (including phenoxy) is 2. The van der Waals surface area contributed by atoms with Gasteiger partial charge in [0.05, 0.1) is 48.8 Å². The molecule has 71 heavy (non-hydrogen) atoms. The zero-order chi connectivity index (χ0) is 52.2. The molecule has 3 heterocycles. The number of methoxy groups -OCH3 is 2. The van der Waals surface area contributed by atoms with E-state index in [4.69, 9.17) is 14.3 Å². The third-order valence-corrected chi connectivity index (χ3v) is 16.3. The van der Waals surface area contributed by atoms with Crippen molar-refractivity contribution in [3.8, 4) is 0 Å². The number of hydroxylamine groups is 2. The van der Waals surface area contributed by atoms with Gasteiger partial charge < -0.3 is 19.3 Å². The number of likely N-dealkylation sites (N-methyl/N-ethyl adjacent to an activating group) is 2. The minimum absolute atomic E-state index is 0.0157. The monoisotopic (exact) mass is 990 g/mol. The molecule has 0 spiro atoms. The van der Waals surface area contributed by atoms with E-state index in [0.717, 1.165) is 56.9 Å². The number of amides is 5. The second-order valence-corrected chi connectivity index (χ2v) is 21.8. The van der Waals surface area contributed by atoms with Crippen LogP contribution in [0, 0.1) is 35.0 Å². The Bertz CT molecular complexity index is 1990. The van der Waals surface area contributed by atoms with Gasteiger partial charge in [0.15, 0.2) is 5.78 Å². The summed E-state index contributed by atoms with van der Waals surface area (Å²) >= 11 is 0. The summed E-state index contributed by atoms with van der Waals surface area (Å²) in [6, 6.07) is 8.69. The quantitative estimate of drug-likeness (QED) is 0.0586. The van der Waals surface area contributed by atoms with Crippen LogP contribution >= 0.6 is 0 Å². The number of rotatable bonds is 29. The second-order valence-electron chi connectivity index (χ2n) is 21.8. The number of hydrogen-bond donors (Lipinski definition) is 0. The first-order valence-corrected chi connectivity index (χ1v) is 26.7. The molecule has 2 saturated heterocycles. The van der Waals surface area contributed by atoms with Crippen molar-refractivity contribution in [1.82, 2.24) is 24.7 Å². The fourth-order valence-corrected chi connectivity index (χ4v) is 11.9. The van der Waals surface area contributed by atoms with Gasteiger partial charge in [-0.1, -0.05) is 98.1 Å². The molecular formula is C56H87N5O10. The van der Waals surface area contributed by atoms with Gasteiger partial charge in [0, 0.05) is 77.7 Å². The van der Waals surface area contributed by atoms with Crippen molar-refractivity contribution >= 4 is 41.1 Å². The van der Waals surface area contributed by atoms with Gasteiger partial charge in [0.1, 0.15) is 5.78 Å². The van der Waals surface area contributed by atoms with Crippen LogP contribution in [-0.4, -0.2) is 157 Å². The number of carbonyl (C=O) groups excluding carboxylic acids is 7. The maximum Gasteiger partial charge on any atom is 0.253 e. The number of ketones is 2. The highest BCUT2D eigenvalue weighted by molar-refractivity contribution is 6.12. The minimum atomic E-state index is -0.898. The van der Waals surface area contributed by atoms with Gasteiger partial charge in [-0.15, -0.1) is 0 Å². The van der Waals surface area contributed by atoms with E-state index in [1.54, 1.807) is 26.2 Å². The molecule has 3 fully saturated rings. The Labute approximate surface area is 424 Å². The summed E-state index contributed by atoms with van der Waals surface area (Å²) in [6.07, 6.45) is 9.28. The van der Waals surface area contributed by atoms with Crippen LogP contribution in [0.25, 0.3) is 0 Å². The number of Topliss-reactive ketones (excluding diaryl/α,β-unsaturated/α-hetero) is 2. The van der Waals surface area contributed by atoms with Crippen LogP contribution in [-0.2, 0) is 47.9 Å². The molecule has 1 saturated carbocycles. The van der Waals surface area contributed by atoms with Crippen LogP contribution in [0.1, 0.15) is 143 Å². The van der Waals surface area contributed by atoms with Crippen molar-refractivity contribution in [2.24, 2.45) is 35.0 Å². The lowest BCUT2D eigenvalue weighted by atomic mass is 9.83. The summed E-state index contributed by atoms with van der Waals surface area (Å²) in [6.45, 7) is 16.6. The molecule has 15 nitrogen and oxygen atoms in total. The molecule has 1 aromatic carbocycles. The molecule has 5 amide bonds. The molecule has 0 aromatic heterocycles. The number of likely N-dealkylation sites (tertiary alicyclic amines) is 1. The lowest BCUT2D eigenvalue weighted by molar-refractivity contribution is -0.203. The van der Waals surface area contributed by atoms with E-state index in [1.165, 1.54) is 22.1 Å². The topological polar surface area (TPSA) is 163 Å². The summed E-state index contributed by atoms with van der Waals surface area (Å²) in [5, 5.41) is 1.48. The maximum atomic E-state index is 14.8. The highest BCUT2D eigenvalue weighted by Crippen LogP contribution is 2.63. The molecule has 5 rings (SSSR count). The molecule has 0 unspecified atom stereocenters.